The Hall–Kier alpha value is -1.33. The fraction of sp³-hybridized carbons (Fsp3) is 0.667. The lowest BCUT2D eigenvalue weighted by Gasteiger charge is -2.43. The topological polar surface area (TPSA) is 62.7 Å². The molecule has 1 aromatic rings. The van der Waals surface area contributed by atoms with E-state index in [0.717, 1.165) is 31.9 Å². The van der Waals surface area contributed by atoms with Gasteiger partial charge in [-0.05, 0) is 26.0 Å². The first-order valence-corrected chi connectivity index (χ1v) is 7.28. The standard InChI is InChI=1S/C15H25N3O2/c1-15(2,12-16)18-9-7-17(8-10-18)14(19)6-5-13-4-3-11-20-13/h3-4,11H,5-10,12,16H2,1-2H3. The smallest absolute Gasteiger partial charge is 0.223 e. The van der Waals surface area contributed by atoms with E-state index in [1.807, 2.05) is 17.0 Å². The Labute approximate surface area is 120 Å². The summed E-state index contributed by atoms with van der Waals surface area (Å²) < 4.78 is 5.25. The maximum absolute atomic E-state index is 12.2. The first kappa shape index (κ1) is 15.1. The molecule has 0 saturated carbocycles. The zero-order chi connectivity index (χ0) is 14.6. The summed E-state index contributed by atoms with van der Waals surface area (Å²) in [5, 5.41) is 0. The van der Waals surface area contributed by atoms with Crippen LogP contribution in [0, 0.1) is 0 Å². The minimum atomic E-state index is 0.0172. The van der Waals surface area contributed by atoms with Crippen molar-refractivity contribution in [2.75, 3.05) is 32.7 Å². The van der Waals surface area contributed by atoms with Crippen LogP contribution < -0.4 is 5.73 Å². The quantitative estimate of drug-likeness (QED) is 0.876. The normalized spacial score (nSPS) is 17.4. The number of amides is 1. The first-order chi connectivity index (χ1) is 9.53. The molecule has 112 valence electrons. The number of furan rings is 1. The van der Waals surface area contributed by atoms with Crippen LogP contribution in [-0.2, 0) is 11.2 Å². The average molecular weight is 279 g/mol. The molecule has 5 nitrogen and oxygen atoms in total. The van der Waals surface area contributed by atoms with Crippen molar-refractivity contribution in [3.63, 3.8) is 0 Å². The molecule has 0 aromatic carbocycles. The van der Waals surface area contributed by atoms with Crippen molar-refractivity contribution in [2.45, 2.75) is 32.2 Å². The third kappa shape index (κ3) is 3.61. The monoisotopic (exact) mass is 279 g/mol. The number of hydrogen-bond acceptors (Lipinski definition) is 4. The van der Waals surface area contributed by atoms with Crippen LogP contribution in [0.5, 0.6) is 0 Å². The van der Waals surface area contributed by atoms with E-state index in [9.17, 15) is 4.79 Å². The van der Waals surface area contributed by atoms with Crippen molar-refractivity contribution in [3.05, 3.63) is 24.2 Å². The van der Waals surface area contributed by atoms with Gasteiger partial charge in [-0.15, -0.1) is 0 Å². The minimum absolute atomic E-state index is 0.0172. The van der Waals surface area contributed by atoms with Gasteiger partial charge in [0.1, 0.15) is 5.76 Å². The van der Waals surface area contributed by atoms with Crippen molar-refractivity contribution in [1.29, 1.82) is 0 Å². The highest BCUT2D eigenvalue weighted by molar-refractivity contribution is 5.76. The third-order valence-electron chi connectivity index (χ3n) is 4.15. The van der Waals surface area contributed by atoms with E-state index in [1.165, 1.54) is 0 Å². The van der Waals surface area contributed by atoms with Crippen LogP contribution in [0.3, 0.4) is 0 Å². The number of rotatable bonds is 5. The van der Waals surface area contributed by atoms with Crippen molar-refractivity contribution >= 4 is 5.91 Å². The number of hydrogen-bond donors (Lipinski definition) is 1. The highest BCUT2D eigenvalue weighted by Gasteiger charge is 2.29. The molecule has 0 atom stereocenters. The van der Waals surface area contributed by atoms with Crippen molar-refractivity contribution in [2.24, 2.45) is 5.73 Å². The largest absolute Gasteiger partial charge is 0.469 e. The zero-order valence-corrected chi connectivity index (χ0v) is 12.5. The highest BCUT2D eigenvalue weighted by atomic mass is 16.3. The summed E-state index contributed by atoms with van der Waals surface area (Å²) in [4.78, 5) is 16.5. The lowest BCUT2D eigenvalue weighted by Crippen LogP contribution is -2.58. The van der Waals surface area contributed by atoms with E-state index in [4.69, 9.17) is 10.2 Å². The van der Waals surface area contributed by atoms with Crippen LogP contribution in [0.2, 0.25) is 0 Å². The van der Waals surface area contributed by atoms with Gasteiger partial charge in [0.15, 0.2) is 0 Å². The predicted octanol–water partition coefficient (Wildman–Crippen LogP) is 1.09. The molecular weight excluding hydrogens is 254 g/mol. The molecule has 1 aromatic heterocycles. The third-order valence-corrected chi connectivity index (χ3v) is 4.15. The average Bonchev–Trinajstić information content (AvgIpc) is 2.98. The van der Waals surface area contributed by atoms with Crippen molar-refractivity contribution < 1.29 is 9.21 Å². The van der Waals surface area contributed by atoms with Gasteiger partial charge in [0.25, 0.3) is 0 Å². The Bertz CT molecular complexity index is 420. The Morgan fingerprint density at radius 1 is 1.35 bits per heavy atom. The van der Waals surface area contributed by atoms with E-state index < -0.39 is 0 Å². The summed E-state index contributed by atoms with van der Waals surface area (Å²) in [5.74, 6) is 1.09. The Morgan fingerprint density at radius 3 is 2.60 bits per heavy atom. The van der Waals surface area contributed by atoms with Crippen LogP contribution >= 0.6 is 0 Å². The van der Waals surface area contributed by atoms with Gasteiger partial charge in [-0.3, -0.25) is 9.69 Å². The second-order valence-corrected chi connectivity index (χ2v) is 5.96. The number of nitrogens with zero attached hydrogens (tertiary/aromatic N) is 2. The maximum Gasteiger partial charge on any atom is 0.223 e. The molecule has 1 aliphatic heterocycles. The molecule has 0 radical (unpaired) electrons. The Morgan fingerprint density at radius 2 is 2.05 bits per heavy atom. The molecule has 2 N–H and O–H groups in total. The summed E-state index contributed by atoms with van der Waals surface area (Å²) in [5.41, 5.74) is 5.82. The highest BCUT2D eigenvalue weighted by Crippen LogP contribution is 2.16. The summed E-state index contributed by atoms with van der Waals surface area (Å²) in [6.07, 6.45) is 2.85. The first-order valence-electron chi connectivity index (χ1n) is 7.28. The SMILES string of the molecule is CC(C)(CN)N1CCN(C(=O)CCc2ccco2)CC1. The number of nitrogens with two attached hydrogens (primary N) is 1. The lowest BCUT2D eigenvalue weighted by atomic mass is 10.0. The summed E-state index contributed by atoms with van der Waals surface area (Å²) >= 11 is 0. The lowest BCUT2D eigenvalue weighted by molar-refractivity contribution is -0.133. The summed E-state index contributed by atoms with van der Waals surface area (Å²) in [7, 11) is 0. The molecule has 0 bridgehead atoms. The molecule has 2 heterocycles. The van der Waals surface area contributed by atoms with Gasteiger partial charge in [-0.2, -0.15) is 0 Å². The summed E-state index contributed by atoms with van der Waals surface area (Å²) in [6, 6.07) is 3.77. The van der Waals surface area contributed by atoms with Crippen LogP contribution in [0.4, 0.5) is 0 Å². The van der Waals surface area contributed by atoms with E-state index in [1.54, 1.807) is 6.26 Å². The summed E-state index contributed by atoms with van der Waals surface area (Å²) in [6.45, 7) is 8.33. The van der Waals surface area contributed by atoms with E-state index >= 15 is 0 Å². The van der Waals surface area contributed by atoms with Crippen LogP contribution in [-0.4, -0.2) is 54.0 Å². The van der Waals surface area contributed by atoms with Crippen LogP contribution in [0.25, 0.3) is 0 Å². The molecule has 1 amide bonds. The predicted molar refractivity (Wildman–Crippen MR) is 78.3 cm³/mol. The second kappa shape index (κ2) is 6.41. The van der Waals surface area contributed by atoms with Gasteiger partial charge in [-0.1, -0.05) is 0 Å². The maximum atomic E-state index is 12.2. The Kier molecular flexibility index (Phi) is 4.83. The fourth-order valence-corrected chi connectivity index (χ4v) is 2.53. The van der Waals surface area contributed by atoms with Crippen LogP contribution in [0.15, 0.2) is 22.8 Å². The molecule has 2 rings (SSSR count). The number of piperazine rings is 1. The number of carbonyl (C=O) groups excluding carboxylic acids is 1. The molecule has 20 heavy (non-hydrogen) atoms. The second-order valence-electron chi connectivity index (χ2n) is 5.96. The molecule has 0 unspecified atom stereocenters. The Balaban J connectivity index is 1.77. The molecule has 5 heteroatoms. The van der Waals surface area contributed by atoms with Gasteiger partial charge in [-0.25, -0.2) is 0 Å². The minimum Gasteiger partial charge on any atom is -0.469 e. The van der Waals surface area contributed by atoms with Gasteiger partial charge >= 0.3 is 0 Å². The molecular formula is C15H25N3O2. The van der Waals surface area contributed by atoms with Gasteiger partial charge in [0.05, 0.1) is 6.26 Å². The van der Waals surface area contributed by atoms with Crippen molar-refractivity contribution in [1.82, 2.24) is 9.80 Å². The number of aryl methyl sites for hydroxylation is 1. The van der Waals surface area contributed by atoms with E-state index in [0.29, 0.717) is 19.4 Å². The van der Waals surface area contributed by atoms with Gasteiger partial charge in [0, 0.05) is 51.1 Å². The molecule has 1 saturated heterocycles. The van der Waals surface area contributed by atoms with E-state index in [2.05, 4.69) is 18.7 Å². The van der Waals surface area contributed by atoms with Crippen LogP contribution in [0.1, 0.15) is 26.0 Å². The van der Waals surface area contributed by atoms with Gasteiger partial charge in [0.2, 0.25) is 5.91 Å². The van der Waals surface area contributed by atoms with Gasteiger partial charge < -0.3 is 15.1 Å². The molecule has 1 aliphatic rings. The molecule has 0 aliphatic carbocycles. The molecule has 0 spiro atoms. The fourth-order valence-electron chi connectivity index (χ4n) is 2.53. The van der Waals surface area contributed by atoms with Crippen molar-refractivity contribution in [3.8, 4) is 0 Å². The zero-order valence-electron chi connectivity index (χ0n) is 12.5. The molecule has 1 fully saturated rings. The number of carbonyl (C=O) groups is 1. The van der Waals surface area contributed by atoms with E-state index in [-0.39, 0.29) is 11.4 Å².